The Labute approximate surface area is 212 Å². The second kappa shape index (κ2) is 9.99. The largest absolute Gasteiger partial charge is 0.493 e. The molecule has 1 aromatic carbocycles. The van der Waals surface area contributed by atoms with Crippen molar-refractivity contribution < 1.29 is 14.3 Å². The van der Waals surface area contributed by atoms with Crippen LogP contribution in [0.1, 0.15) is 51.5 Å². The minimum Gasteiger partial charge on any atom is -0.493 e. The first-order valence-electron chi connectivity index (χ1n) is 12.6. The van der Waals surface area contributed by atoms with E-state index in [0.29, 0.717) is 30.1 Å². The van der Waals surface area contributed by atoms with E-state index in [-0.39, 0.29) is 17.9 Å². The number of rotatable bonds is 8. The standard InChI is InChI=1S/C28H32ClN3O3/c1-17-14-23(34-13-12-29)15-25-26(17)24(16-30)27(32(25)22-4-3-5-22)20-8-10-21(11-9-20)31-28(33)35-18(2)19-6-7-19/h8-11,14-15,17-19,22,26H,3-7,12-13H2,1-2H3,(H,31,33). The smallest absolute Gasteiger partial charge is 0.411 e. The first-order chi connectivity index (χ1) is 17.0. The van der Waals surface area contributed by atoms with Crippen LogP contribution in [-0.4, -0.2) is 35.6 Å². The van der Waals surface area contributed by atoms with Gasteiger partial charge in [-0.25, -0.2) is 4.79 Å². The number of amides is 1. The van der Waals surface area contributed by atoms with Gasteiger partial charge in [-0.1, -0.05) is 19.1 Å². The Bertz CT molecular complexity index is 1110. The zero-order valence-electron chi connectivity index (χ0n) is 20.3. The molecule has 0 saturated heterocycles. The molecule has 1 amide bonds. The number of alkyl halides is 1. The average molecular weight is 494 g/mol. The first-order valence-corrected chi connectivity index (χ1v) is 13.2. The van der Waals surface area contributed by atoms with Gasteiger partial charge in [0.2, 0.25) is 0 Å². The van der Waals surface area contributed by atoms with Crippen molar-refractivity contribution in [1.82, 2.24) is 4.90 Å². The zero-order valence-corrected chi connectivity index (χ0v) is 21.1. The SMILES string of the molecule is CC1C=C(OCCCl)C=C2C1C(C#N)=C(c1ccc(NC(=O)OC(C)C3CC3)cc1)N2C1CCC1. The second-order valence-corrected chi connectivity index (χ2v) is 10.4. The molecule has 3 unspecified atom stereocenters. The number of nitrogens with zero attached hydrogens (tertiary/aromatic N) is 2. The molecule has 35 heavy (non-hydrogen) atoms. The van der Waals surface area contributed by atoms with Gasteiger partial charge in [0.1, 0.15) is 18.5 Å². The number of ether oxygens (including phenoxy) is 2. The summed E-state index contributed by atoms with van der Waals surface area (Å²) in [6.07, 6.45) is 9.36. The lowest BCUT2D eigenvalue weighted by molar-refractivity contribution is 0.108. The molecular formula is C28H32ClN3O3. The molecule has 1 N–H and O–H groups in total. The number of benzene rings is 1. The zero-order chi connectivity index (χ0) is 24.5. The molecule has 2 saturated carbocycles. The number of hydrogen-bond acceptors (Lipinski definition) is 5. The summed E-state index contributed by atoms with van der Waals surface area (Å²) in [5.74, 6) is 1.90. The van der Waals surface area contributed by atoms with Gasteiger partial charge >= 0.3 is 6.09 Å². The van der Waals surface area contributed by atoms with E-state index in [1.807, 2.05) is 31.2 Å². The number of carbonyl (C=O) groups is 1. The highest BCUT2D eigenvalue weighted by Crippen LogP contribution is 2.51. The van der Waals surface area contributed by atoms with E-state index in [9.17, 15) is 10.1 Å². The van der Waals surface area contributed by atoms with Gasteiger partial charge in [0.05, 0.1) is 23.2 Å². The Kier molecular flexibility index (Phi) is 6.80. The van der Waals surface area contributed by atoms with E-state index < -0.39 is 6.09 Å². The summed E-state index contributed by atoms with van der Waals surface area (Å²) in [5.41, 5.74) is 4.56. The predicted octanol–water partition coefficient (Wildman–Crippen LogP) is 6.43. The lowest BCUT2D eigenvalue weighted by atomic mass is 9.82. The highest BCUT2D eigenvalue weighted by atomic mass is 35.5. The summed E-state index contributed by atoms with van der Waals surface area (Å²) in [6, 6.07) is 10.6. The molecule has 5 rings (SSSR count). The van der Waals surface area contributed by atoms with Crippen LogP contribution in [0.3, 0.4) is 0 Å². The molecule has 1 aromatic rings. The van der Waals surface area contributed by atoms with Crippen LogP contribution < -0.4 is 5.32 Å². The van der Waals surface area contributed by atoms with E-state index in [2.05, 4.69) is 35.4 Å². The van der Waals surface area contributed by atoms with Crippen LogP contribution in [0.25, 0.3) is 5.70 Å². The maximum absolute atomic E-state index is 12.3. The number of fused-ring (bicyclic) bond motifs is 1. The maximum Gasteiger partial charge on any atom is 0.411 e. The van der Waals surface area contributed by atoms with E-state index in [4.69, 9.17) is 21.1 Å². The van der Waals surface area contributed by atoms with Crippen molar-refractivity contribution in [2.45, 2.75) is 58.1 Å². The Balaban J connectivity index is 1.41. The molecule has 4 aliphatic rings. The fraction of sp³-hybridized carbons (Fsp3) is 0.500. The number of hydrogen-bond donors (Lipinski definition) is 1. The van der Waals surface area contributed by atoms with Crippen molar-refractivity contribution in [3.63, 3.8) is 0 Å². The molecule has 6 nitrogen and oxygen atoms in total. The van der Waals surface area contributed by atoms with Gasteiger partial charge in [-0.2, -0.15) is 5.26 Å². The molecular weight excluding hydrogens is 462 g/mol. The van der Waals surface area contributed by atoms with Gasteiger partial charge in [-0.3, -0.25) is 5.32 Å². The van der Waals surface area contributed by atoms with Gasteiger partial charge in [-0.15, -0.1) is 11.6 Å². The van der Waals surface area contributed by atoms with Crippen molar-refractivity contribution in [2.75, 3.05) is 17.8 Å². The molecule has 1 aliphatic heterocycles. The topological polar surface area (TPSA) is 74.6 Å². The van der Waals surface area contributed by atoms with E-state index in [1.54, 1.807) is 0 Å². The quantitative estimate of drug-likeness (QED) is 0.422. The van der Waals surface area contributed by atoms with Crippen LogP contribution in [0, 0.1) is 29.1 Å². The average Bonchev–Trinajstić information content (AvgIpc) is 3.61. The predicted molar refractivity (Wildman–Crippen MR) is 136 cm³/mol. The lowest BCUT2D eigenvalue weighted by Crippen LogP contribution is -2.38. The van der Waals surface area contributed by atoms with E-state index >= 15 is 0 Å². The second-order valence-electron chi connectivity index (χ2n) is 9.99. The third kappa shape index (κ3) is 4.79. The van der Waals surface area contributed by atoms with E-state index in [0.717, 1.165) is 54.0 Å². The lowest BCUT2D eigenvalue weighted by Gasteiger charge is -2.41. The fourth-order valence-electron chi connectivity index (χ4n) is 5.34. The molecule has 3 aliphatic carbocycles. The van der Waals surface area contributed by atoms with E-state index in [1.165, 1.54) is 6.42 Å². The van der Waals surface area contributed by atoms with Gasteiger partial charge in [-0.05, 0) is 80.7 Å². The molecule has 1 heterocycles. The minimum absolute atomic E-state index is 0.00985. The monoisotopic (exact) mass is 493 g/mol. The van der Waals surface area contributed by atoms with Gasteiger partial charge in [0.25, 0.3) is 0 Å². The third-order valence-electron chi connectivity index (χ3n) is 7.54. The first kappa shape index (κ1) is 23.8. The minimum atomic E-state index is -0.424. The summed E-state index contributed by atoms with van der Waals surface area (Å²) < 4.78 is 11.4. The van der Waals surface area contributed by atoms with Crippen molar-refractivity contribution in [3.8, 4) is 6.07 Å². The number of nitrogens with one attached hydrogen (secondary N) is 1. The molecule has 2 fully saturated rings. The Morgan fingerprint density at radius 1 is 1.26 bits per heavy atom. The van der Waals surface area contributed by atoms with Gasteiger partial charge in [0, 0.05) is 23.3 Å². The van der Waals surface area contributed by atoms with Crippen molar-refractivity contribution >= 4 is 29.1 Å². The van der Waals surface area contributed by atoms with Crippen LogP contribution >= 0.6 is 11.6 Å². The molecule has 0 radical (unpaired) electrons. The molecule has 0 bridgehead atoms. The normalized spacial score (nSPS) is 24.6. The van der Waals surface area contributed by atoms with Crippen LogP contribution in [-0.2, 0) is 9.47 Å². The summed E-state index contributed by atoms with van der Waals surface area (Å²) >= 11 is 5.84. The molecule has 184 valence electrons. The van der Waals surface area contributed by atoms with Crippen LogP contribution in [0.2, 0.25) is 0 Å². The maximum atomic E-state index is 12.3. The Morgan fingerprint density at radius 2 is 2.00 bits per heavy atom. The van der Waals surface area contributed by atoms with Crippen molar-refractivity contribution in [1.29, 1.82) is 5.26 Å². The van der Waals surface area contributed by atoms with Crippen molar-refractivity contribution in [3.05, 3.63) is 59.0 Å². The number of carbonyl (C=O) groups excluding carboxylic acids is 1. The van der Waals surface area contributed by atoms with Gasteiger partial charge < -0.3 is 14.4 Å². The summed E-state index contributed by atoms with van der Waals surface area (Å²) in [5, 5.41) is 13.1. The highest BCUT2D eigenvalue weighted by Gasteiger charge is 2.45. The summed E-state index contributed by atoms with van der Waals surface area (Å²) in [4.78, 5) is 14.6. The summed E-state index contributed by atoms with van der Waals surface area (Å²) in [6.45, 7) is 4.55. The molecule has 0 spiro atoms. The van der Waals surface area contributed by atoms with Crippen LogP contribution in [0.5, 0.6) is 0 Å². The molecule has 7 heteroatoms. The number of halogens is 1. The Hall–Kier alpha value is -2.91. The van der Waals surface area contributed by atoms with Crippen molar-refractivity contribution in [2.24, 2.45) is 17.8 Å². The third-order valence-corrected chi connectivity index (χ3v) is 7.69. The van der Waals surface area contributed by atoms with Crippen LogP contribution in [0.15, 0.2) is 53.4 Å². The number of anilines is 1. The molecule has 0 aromatic heterocycles. The summed E-state index contributed by atoms with van der Waals surface area (Å²) in [7, 11) is 0. The number of allylic oxidation sites excluding steroid dienone is 3. The number of nitriles is 1. The van der Waals surface area contributed by atoms with Gasteiger partial charge in [0.15, 0.2) is 0 Å². The van der Waals surface area contributed by atoms with Crippen LogP contribution in [0.4, 0.5) is 10.5 Å². The molecule has 3 atom stereocenters. The fourth-order valence-corrected chi connectivity index (χ4v) is 5.41. The Morgan fingerprint density at radius 3 is 2.60 bits per heavy atom. The highest BCUT2D eigenvalue weighted by molar-refractivity contribution is 6.18.